The van der Waals surface area contributed by atoms with Crippen molar-refractivity contribution in [3.63, 3.8) is 0 Å². The summed E-state index contributed by atoms with van der Waals surface area (Å²) in [7, 11) is 1.45. The van der Waals surface area contributed by atoms with Crippen LogP contribution in [-0.2, 0) is 38.4 Å². The molecule has 0 saturated heterocycles. The Morgan fingerprint density at radius 2 is 1.60 bits per heavy atom. The van der Waals surface area contributed by atoms with Crippen LogP contribution < -0.4 is 10.6 Å². The number of Topliss-reactive ketones (excluding diaryl/α,β-unsaturated/α-hetero) is 1. The molecule has 5 rings (SSSR count). The molecule has 0 bridgehead atoms. The van der Waals surface area contributed by atoms with E-state index in [9.17, 15) is 33.5 Å². The van der Waals surface area contributed by atoms with Gasteiger partial charge in [0.05, 0.1) is 6.33 Å². The lowest BCUT2D eigenvalue weighted by Gasteiger charge is -2.32. The molecule has 0 aliphatic rings. The number of nitrogens with zero attached hydrogens (tertiary/aromatic N) is 2. The average molecular weight is 698 g/mol. The third kappa shape index (κ3) is 9.26. The molecule has 13 heteroatoms. The summed E-state index contributed by atoms with van der Waals surface area (Å²) in [5.74, 6) is -3.91. The van der Waals surface area contributed by atoms with Gasteiger partial charge in [-0.25, -0.2) is 14.2 Å². The molecule has 2 aromatic heterocycles. The number of hydrogen-bond acceptors (Lipinski definition) is 7. The Kier molecular flexibility index (Phi) is 11.8. The minimum atomic E-state index is -1.31. The summed E-state index contributed by atoms with van der Waals surface area (Å²) in [6, 6.07) is 18.1. The van der Waals surface area contributed by atoms with Crippen LogP contribution in [0.1, 0.15) is 40.0 Å². The van der Waals surface area contributed by atoms with Crippen molar-refractivity contribution in [2.24, 2.45) is 0 Å². The Hall–Kier alpha value is -5.69. The van der Waals surface area contributed by atoms with E-state index in [1.165, 1.54) is 60.1 Å². The van der Waals surface area contributed by atoms with E-state index in [1.54, 1.807) is 24.3 Å². The number of carboxylic acids is 1. The second-order valence-electron chi connectivity index (χ2n) is 11.8. The van der Waals surface area contributed by atoms with Crippen LogP contribution in [0.25, 0.3) is 10.1 Å². The zero-order chi connectivity index (χ0) is 35.6. The predicted molar refractivity (Wildman–Crippen MR) is 186 cm³/mol. The molecule has 0 saturated carbocycles. The van der Waals surface area contributed by atoms with Crippen LogP contribution in [0.5, 0.6) is 0 Å². The molecule has 5 aromatic rings. The number of imidazole rings is 1. The van der Waals surface area contributed by atoms with Gasteiger partial charge in [0.25, 0.3) is 0 Å². The highest BCUT2D eigenvalue weighted by molar-refractivity contribution is 7.17. The number of rotatable bonds is 16. The fraction of sp³-hybridized carbons (Fsp3) is 0.243. The number of ketones is 1. The molecule has 0 aliphatic heterocycles. The molecule has 2 heterocycles. The van der Waals surface area contributed by atoms with Crippen molar-refractivity contribution in [1.82, 2.24) is 25.5 Å². The number of hydrogen-bond donors (Lipinski definition) is 4. The summed E-state index contributed by atoms with van der Waals surface area (Å²) >= 11 is 1.50. The number of fused-ring (bicyclic) bond motifs is 1. The number of carbonyl (C=O) groups excluding carboxylic acids is 4. The minimum Gasteiger partial charge on any atom is -0.480 e. The van der Waals surface area contributed by atoms with Gasteiger partial charge in [-0.05, 0) is 52.2 Å². The monoisotopic (exact) mass is 697 g/mol. The summed E-state index contributed by atoms with van der Waals surface area (Å²) < 4.78 is 14.3. The quantitative estimate of drug-likeness (QED) is 0.112. The van der Waals surface area contributed by atoms with E-state index in [0.717, 1.165) is 21.2 Å². The lowest BCUT2D eigenvalue weighted by atomic mass is 9.99. The van der Waals surface area contributed by atoms with Crippen molar-refractivity contribution >= 4 is 50.9 Å². The zero-order valence-corrected chi connectivity index (χ0v) is 28.0. The lowest BCUT2D eigenvalue weighted by Crippen LogP contribution is -2.57. The van der Waals surface area contributed by atoms with Crippen LogP contribution in [0.3, 0.4) is 0 Å². The lowest BCUT2D eigenvalue weighted by molar-refractivity contribution is -0.145. The number of aromatic nitrogens is 2. The Balaban J connectivity index is 1.39. The summed E-state index contributed by atoms with van der Waals surface area (Å²) in [6.45, 7) is 0. The fourth-order valence-corrected chi connectivity index (χ4v) is 6.59. The zero-order valence-electron chi connectivity index (χ0n) is 27.2. The first kappa shape index (κ1) is 35.6. The molecular formula is C37H36FN5O6S. The van der Waals surface area contributed by atoms with E-state index in [1.807, 2.05) is 35.7 Å². The van der Waals surface area contributed by atoms with Crippen LogP contribution in [-0.4, -0.2) is 74.6 Å². The predicted octanol–water partition coefficient (Wildman–Crippen LogP) is 4.34. The fourth-order valence-electron chi connectivity index (χ4n) is 5.61. The highest BCUT2D eigenvalue weighted by atomic mass is 32.1. The molecule has 11 nitrogen and oxygen atoms in total. The highest BCUT2D eigenvalue weighted by Gasteiger charge is 2.35. The molecule has 0 unspecified atom stereocenters. The molecule has 3 aromatic carbocycles. The van der Waals surface area contributed by atoms with Crippen LogP contribution >= 0.6 is 11.3 Å². The van der Waals surface area contributed by atoms with Crippen molar-refractivity contribution in [1.29, 1.82) is 0 Å². The van der Waals surface area contributed by atoms with Crippen molar-refractivity contribution in [2.75, 3.05) is 7.05 Å². The van der Waals surface area contributed by atoms with Gasteiger partial charge in [-0.15, -0.1) is 11.3 Å². The number of carbonyl (C=O) groups is 5. The molecule has 258 valence electrons. The number of H-pyrrole nitrogens is 1. The second kappa shape index (κ2) is 16.6. The number of aliphatic carboxylic acids is 1. The topological polar surface area (TPSA) is 162 Å². The van der Waals surface area contributed by atoms with Gasteiger partial charge in [0.2, 0.25) is 17.7 Å². The molecule has 3 atom stereocenters. The molecule has 3 amide bonds. The molecule has 4 N–H and O–H groups in total. The van der Waals surface area contributed by atoms with E-state index in [-0.39, 0.29) is 43.5 Å². The standard InChI is InChI=1S/C37H36FN5O6S/c1-43(31(17-23-7-3-2-4-8-23)35(46)42-30(37(48)49)19-27-20-39-22-40-27)36(47)29(18-25-21-50-33-10-6-5-9-28(25)33)41-34(45)16-15-32(44)24-11-13-26(38)14-12-24/h2-14,20-22,29-31H,15-19H2,1H3,(H,39,40)(H,41,45)(H,42,46)(H,48,49)/t29-,30-,31+/m0/s1. The first-order chi connectivity index (χ1) is 24.1. The number of carboxylic acid groups (broad SMARTS) is 1. The highest BCUT2D eigenvalue weighted by Crippen LogP contribution is 2.27. The van der Waals surface area contributed by atoms with Crippen LogP contribution in [0, 0.1) is 5.82 Å². The largest absolute Gasteiger partial charge is 0.480 e. The van der Waals surface area contributed by atoms with E-state index in [4.69, 9.17) is 0 Å². The maximum Gasteiger partial charge on any atom is 0.326 e. The summed E-state index contributed by atoms with van der Waals surface area (Å²) in [4.78, 5) is 74.3. The second-order valence-corrected chi connectivity index (χ2v) is 12.8. The Labute approximate surface area is 291 Å². The van der Waals surface area contributed by atoms with Gasteiger partial charge in [0.1, 0.15) is 23.9 Å². The van der Waals surface area contributed by atoms with E-state index >= 15 is 0 Å². The summed E-state index contributed by atoms with van der Waals surface area (Å²) in [6.07, 6.45) is 2.59. The first-order valence-corrected chi connectivity index (χ1v) is 16.8. The minimum absolute atomic E-state index is 0.0582. The van der Waals surface area contributed by atoms with Crippen LogP contribution in [0.2, 0.25) is 0 Å². The van der Waals surface area contributed by atoms with Gasteiger partial charge in [0.15, 0.2) is 5.78 Å². The Morgan fingerprint density at radius 3 is 2.30 bits per heavy atom. The molecule has 50 heavy (non-hydrogen) atoms. The molecule has 0 fully saturated rings. The number of halogens is 1. The Morgan fingerprint density at radius 1 is 0.880 bits per heavy atom. The number of thiophene rings is 1. The normalized spacial score (nSPS) is 12.8. The number of likely N-dealkylation sites (N-methyl/N-ethyl adjacent to an activating group) is 1. The third-order valence-corrected chi connectivity index (χ3v) is 9.36. The number of benzene rings is 3. The molecule has 0 aliphatic carbocycles. The van der Waals surface area contributed by atoms with Gasteiger partial charge in [0, 0.05) is 61.3 Å². The van der Waals surface area contributed by atoms with Gasteiger partial charge in [-0.1, -0.05) is 48.5 Å². The van der Waals surface area contributed by atoms with Crippen LogP contribution in [0.15, 0.2) is 96.8 Å². The van der Waals surface area contributed by atoms with Gasteiger partial charge >= 0.3 is 5.97 Å². The number of amides is 3. The van der Waals surface area contributed by atoms with Crippen molar-refractivity contribution < 1.29 is 33.5 Å². The average Bonchev–Trinajstić information content (AvgIpc) is 3.79. The van der Waals surface area contributed by atoms with Crippen LogP contribution in [0.4, 0.5) is 4.39 Å². The van der Waals surface area contributed by atoms with E-state index < -0.39 is 47.6 Å². The van der Waals surface area contributed by atoms with Gasteiger partial charge in [-0.3, -0.25) is 19.2 Å². The summed E-state index contributed by atoms with van der Waals surface area (Å²) in [5, 5.41) is 18.1. The van der Waals surface area contributed by atoms with E-state index in [2.05, 4.69) is 20.6 Å². The maximum atomic E-state index is 14.3. The summed E-state index contributed by atoms with van der Waals surface area (Å²) in [5.41, 5.74) is 2.31. The third-order valence-electron chi connectivity index (χ3n) is 8.35. The molecule has 0 radical (unpaired) electrons. The molecular weight excluding hydrogens is 662 g/mol. The smallest absolute Gasteiger partial charge is 0.326 e. The SMILES string of the molecule is CN(C(=O)[C@H](Cc1csc2ccccc12)NC(=O)CCC(=O)c1ccc(F)cc1)[C@H](Cc1ccccc1)C(=O)N[C@@H](Cc1cnc[nH]1)C(=O)O. The molecule has 0 spiro atoms. The van der Waals surface area contributed by atoms with E-state index in [0.29, 0.717) is 5.69 Å². The maximum absolute atomic E-state index is 14.3. The van der Waals surface area contributed by atoms with Gasteiger partial charge < -0.3 is 25.6 Å². The van der Waals surface area contributed by atoms with Crippen molar-refractivity contribution in [2.45, 2.75) is 50.2 Å². The number of nitrogens with one attached hydrogen (secondary N) is 3. The van der Waals surface area contributed by atoms with Crippen molar-refractivity contribution in [3.05, 3.63) is 125 Å². The van der Waals surface area contributed by atoms with Crippen molar-refractivity contribution in [3.8, 4) is 0 Å². The Bertz CT molecular complexity index is 1950. The number of aromatic amines is 1. The van der Waals surface area contributed by atoms with Gasteiger partial charge in [-0.2, -0.15) is 0 Å². The first-order valence-electron chi connectivity index (χ1n) is 15.9.